The van der Waals surface area contributed by atoms with Gasteiger partial charge in [0.2, 0.25) is 0 Å². The number of aryl methyl sites for hydroxylation is 1. The van der Waals surface area contributed by atoms with Crippen LogP contribution in [0.5, 0.6) is 0 Å². The first-order chi connectivity index (χ1) is 11.2. The number of amides is 1. The molecule has 1 heterocycles. The molecule has 0 saturated heterocycles. The van der Waals surface area contributed by atoms with E-state index in [4.69, 9.17) is 0 Å². The van der Waals surface area contributed by atoms with Crippen LogP contribution in [0.3, 0.4) is 0 Å². The summed E-state index contributed by atoms with van der Waals surface area (Å²) >= 11 is 0. The second-order valence-corrected chi connectivity index (χ2v) is 8.23. The zero-order valence-corrected chi connectivity index (χ0v) is 15.3. The number of aromatic nitrogens is 2. The summed E-state index contributed by atoms with van der Waals surface area (Å²) in [6.45, 7) is 11.2. The predicted molar refractivity (Wildman–Crippen MR) is 96.0 cm³/mol. The maximum atomic E-state index is 13.1. The smallest absolute Gasteiger partial charge is 0.275 e. The molecular weight excluding hydrogens is 298 g/mol. The van der Waals surface area contributed by atoms with Gasteiger partial charge in [0, 0.05) is 23.2 Å². The summed E-state index contributed by atoms with van der Waals surface area (Å²) in [6, 6.07) is 10.2. The van der Waals surface area contributed by atoms with Crippen LogP contribution < -0.4 is 0 Å². The Morgan fingerprint density at radius 1 is 1.29 bits per heavy atom. The van der Waals surface area contributed by atoms with Gasteiger partial charge >= 0.3 is 0 Å². The maximum absolute atomic E-state index is 13.1. The molecule has 0 bridgehead atoms. The van der Waals surface area contributed by atoms with E-state index in [2.05, 4.69) is 56.9 Å². The highest BCUT2D eigenvalue weighted by atomic mass is 16.2. The third-order valence-electron chi connectivity index (χ3n) is 5.07. The van der Waals surface area contributed by atoms with Crippen molar-refractivity contribution in [1.82, 2.24) is 15.1 Å². The lowest BCUT2D eigenvalue weighted by Crippen LogP contribution is -2.40. The van der Waals surface area contributed by atoms with Gasteiger partial charge in [-0.1, -0.05) is 45.0 Å². The summed E-state index contributed by atoms with van der Waals surface area (Å²) in [4.78, 5) is 15.1. The van der Waals surface area contributed by atoms with E-state index in [1.165, 1.54) is 11.1 Å². The topological polar surface area (TPSA) is 49.0 Å². The van der Waals surface area contributed by atoms with Crippen molar-refractivity contribution in [3.05, 3.63) is 52.8 Å². The highest BCUT2D eigenvalue weighted by Crippen LogP contribution is 2.43. The number of carbonyl (C=O) groups excluding carboxylic acids is 1. The van der Waals surface area contributed by atoms with E-state index < -0.39 is 0 Å². The van der Waals surface area contributed by atoms with Gasteiger partial charge in [-0.15, -0.1) is 0 Å². The Kier molecular flexibility index (Phi) is 4.02. The predicted octanol–water partition coefficient (Wildman–Crippen LogP) is 4.21. The van der Waals surface area contributed by atoms with Crippen molar-refractivity contribution in [1.29, 1.82) is 0 Å². The van der Waals surface area contributed by atoms with Crippen LogP contribution >= 0.6 is 0 Å². The van der Waals surface area contributed by atoms with E-state index in [1.807, 2.05) is 23.1 Å². The zero-order chi connectivity index (χ0) is 17.5. The second-order valence-electron chi connectivity index (χ2n) is 8.23. The Hall–Kier alpha value is -2.10. The summed E-state index contributed by atoms with van der Waals surface area (Å²) in [7, 11) is 0. The number of carbonyl (C=O) groups is 1. The minimum Gasteiger partial charge on any atom is -0.328 e. The van der Waals surface area contributed by atoms with Crippen molar-refractivity contribution >= 4 is 5.91 Å². The van der Waals surface area contributed by atoms with E-state index in [-0.39, 0.29) is 16.9 Å². The number of hydrogen-bond acceptors (Lipinski definition) is 2. The van der Waals surface area contributed by atoms with Gasteiger partial charge in [0.25, 0.3) is 5.91 Å². The van der Waals surface area contributed by atoms with Crippen molar-refractivity contribution in [2.75, 3.05) is 0 Å². The molecule has 1 saturated carbocycles. The molecule has 1 N–H and O–H groups in total. The number of nitrogens with one attached hydrogen (secondary N) is 1. The second kappa shape index (κ2) is 5.76. The highest BCUT2D eigenvalue weighted by Gasteiger charge is 2.46. The van der Waals surface area contributed by atoms with Gasteiger partial charge in [-0.3, -0.25) is 9.89 Å². The Labute approximate surface area is 144 Å². The van der Waals surface area contributed by atoms with Crippen LogP contribution in [-0.4, -0.2) is 26.5 Å². The lowest BCUT2D eigenvalue weighted by atomic mass is 9.92. The van der Waals surface area contributed by atoms with Crippen LogP contribution in [0.15, 0.2) is 30.3 Å². The maximum Gasteiger partial charge on any atom is 0.275 e. The molecule has 0 unspecified atom stereocenters. The molecule has 0 aliphatic heterocycles. The third kappa shape index (κ3) is 3.23. The van der Waals surface area contributed by atoms with Gasteiger partial charge in [-0.05, 0) is 43.9 Å². The Morgan fingerprint density at radius 2 is 1.96 bits per heavy atom. The van der Waals surface area contributed by atoms with Gasteiger partial charge in [-0.25, -0.2) is 0 Å². The van der Waals surface area contributed by atoms with Gasteiger partial charge in [-0.2, -0.15) is 5.10 Å². The SMILES string of the molecule is Cc1ccccc1CN(C(=O)c1cc(C(C)(C)C)[nH]n1)C1(C)CC1. The van der Waals surface area contributed by atoms with E-state index in [9.17, 15) is 4.79 Å². The number of H-pyrrole nitrogens is 1. The molecule has 1 aromatic carbocycles. The Balaban J connectivity index is 1.88. The summed E-state index contributed by atoms with van der Waals surface area (Å²) in [5, 5.41) is 7.32. The van der Waals surface area contributed by atoms with Crippen LogP contribution in [0.1, 0.15) is 67.8 Å². The fourth-order valence-electron chi connectivity index (χ4n) is 2.87. The number of rotatable bonds is 4. The van der Waals surface area contributed by atoms with Crippen molar-refractivity contribution < 1.29 is 4.79 Å². The molecule has 1 aliphatic carbocycles. The van der Waals surface area contributed by atoms with Crippen molar-refractivity contribution in [2.45, 2.75) is 65.0 Å². The summed E-state index contributed by atoms with van der Waals surface area (Å²) in [5.41, 5.74) is 3.84. The molecule has 1 aliphatic rings. The number of aromatic amines is 1. The molecule has 3 rings (SSSR count). The van der Waals surface area contributed by atoms with Crippen LogP contribution in [0.25, 0.3) is 0 Å². The lowest BCUT2D eigenvalue weighted by molar-refractivity contribution is 0.0642. The lowest BCUT2D eigenvalue weighted by Gasteiger charge is -2.29. The van der Waals surface area contributed by atoms with Crippen LogP contribution in [0.4, 0.5) is 0 Å². The monoisotopic (exact) mass is 325 g/mol. The van der Waals surface area contributed by atoms with Crippen molar-refractivity contribution in [3.8, 4) is 0 Å². The van der Waals surface area contributed by atoms with E-state index >= 15 is 0 Å². The number of nitrogens with zero attached hydrogens (tertiary/aromatic N) is 2. The largest absolute Gasteiger partial charge is 0.328 e. The van der Waals surface area contributed by atoms with Gasteiger partial charge in [0.15, 0.2) is 0 Å². The molecule has 1 aromatic heterocycles. The molecule has 1 fully saturated rings. The molecule has 0 radical (unpaired) electrons. The molecule has 24 heavy (non-hydrogen) atoms. The fraction of sp³-hybridized carbons (Fsp3) is 0.500. The van der Waals surface area contributed by atoms with E-state index in [0.717, 1.165) is 18.5 Å². The average molecular weight is 325 g/mol. The molecule has 1 amide bonds. The first-order valence-electron chi connectivity index (χ1n) is 8.63. The fourth-order valence-corrected chi connectivity index (χ4v) is 2.87. The highest BCUT2D eigenvalue weighted by molar-refractivity contribution is 5.93. The van der Waals surface area contributed by atoms with Crippen molar-refractivity contribution in [3.63, 3.8) is 0 Å². The molecule has 0 spiro atoms. The standard InChI is InChI=1S/C20H27N3O/c1-14-8-6-7-9-15(14)13-23(20(5)10-11-20)18(24)16-12-17(22-21-16)19(2,3)4/h6-9,12H,10-11,13H2,1-5H3,(H,21,22). The van der Waals surface area contributed by atoms with Gasteiger partial charge in [0.05, 0.1) is 0 Å². The first kappa shape index (κ1) is 16.7. The quantitative estimate of drug-likeness (QED) is 0.915. The minimum atomic E-state index is -0.0458. The average Bonchev–Trinajstić information content (AvgIpc) is 3.06. The Bertz CT molecular complexity index is 750. The van der Waals surface area contributed by atoms with E-state index in [1.54, 1.807) is 0 Å². The van der Waals surface area contributed by atoms with E-state index in [0.29, 0.717) is 12.2 Å². The van der Waals surface area contributed by atoms with Crippen LogP contribution in [0.2, 0.25) is 0 Å². The van der Waals surface area contributed by atoms with Crippen LogP contribution in [-0.2, 0) is 12.0 Å². The molecular formula is C20H27N3O. The zero-order valence-electron chi connectivity index (χ0n) is 15.3. The summed E-state index contributed by atoms with van der Waals surface area (Å²) < 4.78 is 0. The third-order valence-corrected chi connectivity index (χ3v) is 5.07. The van der Waals surface area contributed by atoms with Crippen LogP contribution in [0, 0.1) is 6.92 Å². The molecule has 4 heteroatoms. The van der Waals surface area contributed by atoms with Gasteiger partial charge in [0.1, 0.15) is 5.69 Å². The number of benzene rings is 1. The summed E-state index contributed by atoms with van der Waals surface area (Å²) in [5.74, 6) is 0.0185. The number of hydrogen-bond donors (Lipinski definition) is 1. The van der Waals surface area contributed by atoms with Crippen molar-refractivity contribution in [2.24, 2.45) is 0 Å². The molecule has 128 valence electrons. The normalized spacial score (nSPS) is 16.0. The summed E-state index contributed by atoms with van der Waals surface area (Å²) in [6.07, 6.45) is 2.11. The molecule has 4 nitrogen and oxygen atoms in total. The molecule has 2 aromatic rings. The minimum absolute atomic E-state index is 0.0185. The van der Waals surface area contributed by atoms with Gasteiger partial charge < -0.3 is 4.90 Å². The molecule has 0 atom stereocenters. The first-order valence-corrected chi connectivity index (χ1v) is 8.63. The Morgan fingerprint density at radius 3 is 2.50 bits per heavy atom.